The number of aromatic nitrogens is 5. The van der Waals surface area contributed by atoms with Crippen LogP contribution in [-0.4, -0.2) is 63.5 Å². The van der Waals surface area contributed by atoms with Crippen molar-refractivity contribution in [3.05, 3.63) is 47.2 Å². The zero-order valence-electron chi connectivity index (χ0n) is 19.1. The number of tetrazole rings is 1. The second-order valence-corrected chi connectivity index (χ2v) is 10.6. The minimum absolute atomic E-state index is 0.0324. The van der Waals surface area contributed by atoms with Crippen molar-refractivity contribution in [2.24, 2.45) is 5.92 Å². The molecule has 1 aromatic carbocycles. The smallest absolute Gasteiger partial charge is 0.242 e. The number of rotatable bonds is 8. The third kappa shape index (κ3) is 5.70. The number of nitriles is 1. The molecule has 1 aliphatic heterocycles. The molecule has 0 aliphatic carbocycles. The topological polar surface area (TPSA) is 150 Å². The number of amides is 1. The first-order valence-corrected chi connectivity index (χ1v) is 13.0. The predicted molar refractivity (Wildman–Crippen MR) is 127 cm³/mol. The highest BCUT2D eigenvalue weighted by molar-refractivity contribution is 7.89. The summed E-state index contributed by atoms with van der Waals surface area (Å²) in [5.41, 5.74) is 0.931. The Kier molecular flexibility index (Phi) is 7.49. The van der Waals surface area contributed by atoms with Crippen molar-refractivity contribution in [3.8, 4) is 17.5 Å². The Hall–Kier alpha value is -3.27. The van der Waals surface area contributed by atoms with Crippen LogP contribution >= 0.6 is 11.6 Å². The molecule has 1 amide bonds. The van der Waals surface area contributed by atoms with Crippen LogP contribution in [0.4, 0.5) is 0 Å². The molecule has 184 valence electrons. The van der Waals surface area contributed by atoms with E-state index in [1.807, 2.05) is 0 Å². The summed E-state index contributed by atoms with van der Waals surface area (Å²) in [6.07, 6.45) is 3.63. The van der Waals surface area contributed by atoms with E-state index in [1.165, 1.54) is 18.2 Å². The first-order valence-electron chi connectivity index (χ1n) is 11.2. The maximum atomic E-state index is 13.4. The fourth-order valence-electron chi connectivity index (χ4n) is 4.05. The third-order valence-corrected chi connectivity index (χ3v) is 8.07. The highest BCUT2D eigenvalue weighted by Gasteiger charge is 2.32. The van der Waals surface area contributed by atoms with Gasteiger partial charge in [-0.1, -0.05) is 18.5 Å². The van der Waals surface area contributed by atoms with Gasteiger partial charge in [0.1, 0.15) is 22.7 Å². The van der Waals surface area contributed by atoms with Crippen LogP contribution in [-0.2, 0) is 21.4 Å². The fourth-order valence-corrected chi connectivity index (χ4v) is 5.82. The molecule has 0 spiro atoms. The highest BCUT2D eigenvalue weighted by Crippen LogP contribution is 2.27. The van der Waals surface area contributed by atoms with E-state index in [0.29, 0.717) is 36.8 Å². The van der Waals surface area contributed by atoms with E-state index in [-0.39, 0.29) is 28.1 Å². The van der Waals surface area contributed by atoms with Gasteiger partial charge >= 0.3 is 0 Å². The van der Waals surface area contributed by atoms with E-state index in [4.69, 9.17) is 11.6 Å². The van der Waals surface area contributed by atoms with Crippen LogP contribution in [0.25, 0.3) is 11.4 Å². The van der Waals surface area contributed by atoms with Gasteiger partial charge in [0, 0.05) is 31.4 Å². The lowest BCUT2D eigenvalue weighted by molar-refractivity contribution is -0.134. The van der Waals surface area contributed by atoms with Crippen molar-refractivity contribution >= 4 is 27.5 Å². The monoisotopic (exact) mass is 516 g/mol. The van der Waals surface area contributed by atoms with Gasteiger partial charge in [0.25, 0.3) is 0 Å². The molecular weight excluding hydrogens is 492 g/mol. The van der Waals surface area contributed by atoms with Gasteiger partial charge < -0.3 is 9.47 Å². The molecule has 3 heterocycles. The molecule has 1 aliphatic rings. The van der Waals surface area contributed by atoms with Crippen molar-refractivity contribution in [3.63, 3.8) is 0 Å². The lowest BCUT2D eigenvalue weighted by atomic mass is 9.98. The van der Waals surface area contributed by atoms with Gasteiger partial charge in [0.2, 0.25) is 21.8 Å². The first-order chi connectivity index (χ1) is 16.8. The molecule has 13 heteroatoms. The number of aryl methyl sites for hydroxylation is 1. The fraction of sp³-hybridized carbons (Fsp3) is 0.409. The number of halogens is 1. The molecular formula is C22H25ClN8O3S. The second kappa shape index (κ2) is 10.6. The number of benzene rings is 1. The number of H-pyrrole nitrogens is 1. The maximum Gasteiger partial charge on any atom is 0.242 e. The average Bonchev–Trinajstić information content (AvgIpc) is 3.53. The van der Waals surface area contributed by atoms with Crippen LogP contribution < -0.4 is 4.72 Å². The molecule has 3 aromatic rings. The molecule has 2 aromatic heterocycles. The largest absolute Gasteiger partial charge is 0.341 e. The van der Waals surface area contributed by atoms with E-state index < -0.39 is 16.1 Å². The number of nitrogens with one attached hydrogen (secondary N) is 2. The third-order valence-electron chi connectivity index (χ3n) is 6.12. The predicted octanol–water partition coefficient (Wildman–Crippen LogP) is 2.19. The summed E-state index contributed by atoms with van der Waals surface area (Å²) in [4.78, 5) is 14.9. The van der Waals surface area contributed by atoms with E-state index in [1.54, 1.807) is 27.8 Å². The number of sulfonamides is 1. The van der Waals surface area contributed by atoms with Crippen LogP contribution in [0.3, 0.4) is 0 Å². The van der Waals surface area contributed by atoms with Gasteiger partial charge in [-0.05, 0) is 60.7 Å². The molecule has 0 radical (unpaired) electrons. The molecule has 35 heavy (non-hydrogen) atoms. The maximum absolute atomic E-state index is 13.4. The number of nitrogens with zero attached hydrogens (tertiary/aromatic N) is 6. The minimum atomic E-state index is -4.14. The van der Waals surface area contributed by atoms with Gasteiger partial charge in [-0.25, -0.2) is 8.42 Å². The Morgan fingerprint density at radius 2 is 2.11 bits per heavy atom. The van der Waals surface area contributed by atoms with Crippen LogP contribution in [0.1, 0.15) is 31.9 Å². The summed E-state index contributed by atoms with van der Waals surface area (Å²) in [5.74, 6) is 0.505. The average molecular weight is 517 g/mol. The number of likely N-dealkylation sites (tertiary alicyclic amines) is 1. The Labute approximate surface area is 208 Å². The van der Waals surface area contributed by atoms with Gasteiger partial charge in [-0.2, -0.15) is 15.2 Å². The number of carbonyl (C=O) groups is 1. The van der Waals surface area contributed by atoms with Gasteiger partial charge in [0.05, 0.1) is 5.02 Å². The Bertz CT molecular complexity index is 1320. The number of hydrogen-bond donors (Lipinski definition) is 2. The molecule has 4 rings (SSSR count). The normalized spacial score (nSPS) is 15.6. The van der Waals surface area contributed by atoms with Gasteiger partial charge in [-0.3, -0.25) is 4.79 Å². The SMILES string of the molecule is CC1CCN(C(=O)C(CCn2cccc2C#N)NS(=O)(=O)c2ccc(-c3nn[nH]n3)cc2Cl)CC1. The summed E-state index contributed by atoms with van der Waals surface area (Å²) in [6.45, 7) is 3.58. The Morgan fingerprint density at radius 1 is 1.34 bits per heavy atom. The van der Waals surface area contributed by atoms with Crippen molar-refractivity contribution in [2.45, 2.75) is 43.7 Å². The molecule has 1 saturated heterocycles. The Morgan fingerprint density at radius 3 is 2.77 bits per heavy atom. The first kappa shape index (κ1) is 24.8. The summed E-state index contributed by atoms with van der Waals surface area (Å²) in [7, 11) is -4.14. The van der Waals surface area contributed by atoms with Crippen LogP contribution in [0.15, 0.2) is 41.4 Å². The summed E-state index contributed by atoms with van der Waals surface area (Å²) in [5, 5.41) is 22.8. The van der Waals surface area contributed by atoms with E-state index in [9.17, 15) is 18.5 Å². The van der Waals surface area contributed by atoms with Crippen LogP contribution in [0, 0.1) is 17.2 Å². The van der Waals surface area contributed by atoms with Crippen LogP contribution in [0.2, 0.25) is 5.02 Å². The van der Waals surface area contributed by atoms with Crippen molar-refractivity contribution in [1.29, 1.82) is 5.26 Å². The lowest BCUT2D eigenvalue weighted by Gasteiger charge is -2.33. The highest BCUT2D eigenvalue weighted by atomic mass is 35.5. The summed E-state index contributed by atoms with van der Waals surface area (Å²) in [6, 6.07) is 8.77. The molecule has 1 atom stereocenters. The van der Waals surface area contributed by atoms with E-state index in [0.717, 1.165) is 12.8 Å². The zero-order valence-corrected chi connectivity index (χ0v) is 20.6. The van der Waals surface area contributed by atoms with Crippen molar-refractivity contribution in [2.75, 3.05) is 13.1 Å². The van der Waals surface area contributed by atoms with Crippen molar-refractivity contribution < 1.29 is 13.2 Å². The molecule has 1 unspecified atom stereocenters. The van der Waals surface area contributed by atoms with Crippen molar-refractivity contribution in [1.82, 2.24) is 34.8 Å². The van der Waals surface area contributed by atoms with Gasteiger partial charge in [0.15, 0.2) is 0 Å². The van der Waals surface area contributed by atoms with E-state index >= 15 is 0 Å². The van der Waals surface area contributed by atoms with E-state index in [2.05, 4.69) is 38.3 Å². The summed E-state index contributed by atoms with van der Waals surface area (Å²) >= 11 is 6.32. The quantitative estimate of drug-likeness (QED) is 0.465. The zero-order chi connectivity index (χ0) is 25.0. The summed E-state index contributed by atoms with van der Waals surface area (Å²) < 4.78 is 30.9. The second-order valence-electron chi connectivity index (χ2n) is 8.55. The Balaban J connectivity index is 1.57. The molecule has 2 N–H and O–H groups in total. The van der Waals surface area contributed by atoms with Crippen LogP contribution in [0.5, 0.6) is 0 Å². The number of hydrogen-bond acceptors (Lipinski definition) is 7. The number of carbonyl (C=O) groups excluding carboxylic acids is 1. The molecule has 0 bridgehead atoms. The standard InChI is InChI=1S/C22H25ClN8O3S/c1-15-6-10-31(11-7-15)22(32)19(8-12-30-9-2-3-17(30)14-24)27-35(33,34)20-5-4-16(13-18(20)23)21-25-28-29-26-21/h2-5,9,13,15,19,27H,6-8,10-12H2,1H3,(H,25,26,28,29). The number of piperidine rings is 1. The van der Waals surface area contributed by atoms with Gasteiger partial charge in [-0.15, -0.1) is 10.2 Å². The molecule has 0 saturated carbocycles. The molecule has 11 nitrogen and oxygen atoms in total. The lowest BCUT2D eigenvalue weighted by Crippen LogP contribution is -2.51. The number of aromatic amines is 1. The minimum Gasteiger partial charge on any atom is -0.341 e. The molecule has 1 fully saturated rings.